The molecular formula is C13H24N4O2. The maximum absolute atomic E-state index is 9.24. The van der Waals surface area contributed by atoms with Crippen molar-refractivity contribution in [2.24, 2.45) is 5.92 Å². The van der Waals surface area contributed by atoms with Crippen LogP contribution in [0, 0.1) is 5.92 Å². The lowest BCUT2D eigenvalue weighted by molar-refractivity contribution is 0.206. The van der Waals surface area contributed by atoms with Gasteiger partial charge in [-0.05, 0) is 38.6 Å². The molecule has 0 aliphatic carbocycles. The number of hydrogen-bond donors (Lipinski definition) is 2. The minimum absolute atomic E-state index is 0.0830. The Bertz CT molecular complexity index is 382. The zero-order valence-corrected chi connectivity index (χ0v) is 11.8. The lowest BCUT2D eigenvalue weighted by Gasteiger charge is -2.30. The van der Waals surface area contributed by atoms with Gasteiger partial charge in [0.15, 0.2) is 0 Å². The van der Waals surface area contributed by atoms with Crippen molar-refractivity contribution in [2.75, 3.05) is 31.1 Å². The molecule has 1 aliphatic heterocycles. The molecule has 2 unspecified atom stereocenters. The van der Waals surface area contributed by atoms with Crippen LogP contribution in [0.1, 0.15) is 45.0 Å². The number of aromatic nitrogens is 2. The summed E-state index contributed by atoms with van der Waals surface area (Å²) >= 11 is 0. The first kappa shape index (κ1) is 14.3. The third-order valence-corrected chi connectivity index (χ3v) is 3.55. The van der Waals surface area contributed by atoms with E-state index in [4.69, 9.17) is 4.42 Å². The molecule has 2 heterocycles. The molecule has 0 radical (unpaired) electrons. The van der Waals surface area contributed by atoms with Crippen LogP contribution in [0.25, 0.3) is 0 Å². The maximum Gasteiger partial charge on any atom is 0.318 e. The van der Waals surface area contributed by atoms with Crippen molar-refractivity contribution < 1.29 is 9.52 Å². The molecule has 0 aromatic carbocycles. The average molecular weight is 268 g/mol. The monoisotopic (exact) mass is 268 g/mol. The lowest BCUT2D eigenvalue weighted by atomic mass is 10.00. The summed E-state index contributed by atoms with van der Waals surface area (Å²) in [6.45, 7) is 7.05. The standard InChI is InChI=1S/C13H24N4O2/c1-3-6-14-10(2)12-15-16-13(19-12)17-7-4-5-11(8-17)9-18/h10-11,14,18H,3-9H2,1-2H3. The Kier molecular flexibility index (Phi) is 5.15. The van der Waals surface area contributed by atoms with Crippen LogP contribution in [0.15, 0.2) is 4.42 Å². The van der Waals surface area contributed by atoms with E-state index in [0.29, 0.717) is 17.8 Å². The normalized spacial score (nSPS) is 21.6. The smallest absolute Gasteiger partial charge is 0.318 e. The van der Waals surface area contributed by atoms with Gasteiger partial charge in [-0.3, -0.25) is 0 Å². The summed E-state index contributed by atoms with van der Waals surface area (Å²) in [7, 11) is 0. The molecule has 0 bridgehead atoms. The summed E-state index contributed by atoms with van der Waals surface area (Å²) in [5, 5.41) is 20.8. The zero-order chi connectivity index (χ0) is 13.7. The summed E-state index contributed by atoms with van der Waals surface area (Å²) in [6.07, 6.45) is 3.21. The van der Waals surface area contributed by atoms with Gasteiger partial charge < -0.3 is 19.7 Å². The molecule has 1 aromatic rings. The minimum Gasteiger partial charge on any atom is -0.406 e. The van der Waals surface area contributed by atoms with Gasteiger partial charge in [-0.15, -0.1) is 5.10 Å². The second-order valence-corrected chi connectivity index (χ2v) is 5.24. The highest BCUT2D eigenvalue weighted by atomic mass is 16.4. The number of anilines is 1. The first-order chi connectivity index (χ1) is 9.24. The number of hydrogen-bond acceptors (Lipinski definition) is 6. The predicted molar refractivity (Wildman–Crippen MR) is 73.0 cm³/mol. The van der Waals surface area contributed by atoms with E-state index in [0.717, 1.165) is 38.9 Å². The third kappa shape index (κ3) is 3.67. The fourth-order valence-electron chi connectivity index (χ4n) is 2.37. The summed E-state index contributed by atoms with van der Waals surface area (Å²) in [6, 6.07) is 0.665. The summed E-state index contributed by atoms with van der Waals surface area (Å²) in [5.41, 5.74) is 0. The van der Waals surface area contributed by atoms with Gasteiger partial charge in [0.25, 0.3) is 0 Å². The molecule has 2 atom stereocenters. The second-order valence-electron chi connectivity index (χ2n) is 5.24. The molecule has 1 aliphatic rings. The van der Waals surface area contributed by atoms with Crippen molar-refractivity contribution in [3.8, 4) is 0 Å². The highest BCUT2D eigenvalue weighted by Gasteiger charge is 2.24. The van der Waals surface area contributed by atoms with Crippen LogP contribution in [-0.4, -0.2) is 41.5 Å². The molecule has 6 nitrogen and oxygen atoms in total. The topological polar surface area (TPSA) is 74.4 Å². The van der Waals surface area contributed by atoms with E-state index in [1.165, 1.54) is 0 Å². The quantitative estimate of drug-likeness (QED) is 0.811. The minimum atomic E-state index is 0.0830. The van der Waals surface area contributed by atoms with Gasteiger partial charge in [0.1, 0.15) is 0 Å². The Morgan fingerprint density at radius 1 is 1.53 bits per heavy atom. The highest BCUT2D eigenvalue weighted by molar-refractivity contribution is 5.25. The first-order valence-corrected chi connectivity index (χ1v) is 7.17. The number of aliphatic hydroxyl groups is 1. The van der Waals surface area contributed by atoms with Gasteiger partial charge >= 0.3 is 6.01 Å². The second kappa shape index (κ2) is 6.86. The molecule has 0 spiro atoms. The van der Waals surface area contributed by atoms with Crippen LogP contribution in [0.2, 0.25) is 0 Å². The highest BCUT2D eigenvalue weighted by Crippen LogP contribution is 2.23. The Hall–Kier alpha value is -1.14. The third-order valence-electron chi connectivity index (χ3n) is 3.55. The van der Waals surface area contributed by atoms with Crippen LogP contribution in [0.5, 0.6) is 0 Å². The molecule has 108 valence electrons. The maximum atomic E-state index is 9.24. The van der Waals surface area contributed by atoms with Crippen molar-refractivity contribution in [3.05, 3.63) is 5.89 Å². The number of rotatable bonds is 6. The van der Waals surface area contributed by atoms with Gasteiger partial charge in [-0.1, -0.05) is 12.0 Å². The molecule has 2 rings (SSSR count). The van der Waals surface area contributed by atoms with Crippen molar-refractivity contribution in [3.63, 3.8) is 0 Å². The number of piperidine rings is 1. The van der Waals surface area contributed by atoms with E-state index in [-0.39, 0.29) is 12.6 Å². The van der Waals surface area contributed by atoms with Crippen molar-refractivity contribution >= 4 is 6.01 Å². The average Bonchev–Trinajstić information content (AvgIpc) is 2.94. The number of aliphatic hydroxyl groups excluding tert-OH is 1. The van der Waals surface area contributed by atoms with Crippen molar-refractivity contribution in [1.82, 2.24) is 15.5 Å². The van der Waals surface area contributed by atoms with Crippen LogP contribution < -0.4 is 10.2 Å². The largest absolute Gasteiger partial charge is 0.406 e. The molecule has 0 saturated carbocycles. The Morgan fingerprint density at radius 3 is 3.11 bits per heavy atom. The Balaban J connectivity index is 1.96. The van der Waals surface area contributed by atoms with Gasteiger partial charge in [0, 0.05) is 19.7 Å². The zero-order valence-electron chi connectivity index (χ0n) is 11.8. The first-order valence-electron chi connectivity index (χ1n) is 7.17. The molecule has 1 fully saturated rings. The van der Waals surface area contributed by atoms with Crippen LogP contribution in [0.4, 0.5) is 6.01 Å². The van der Waals surface area contributed by atoms with E-state index in [1.807, 2.05) is 6.92 Å². The van der Waals surface area contributed by atoms with E-state index < -0.39 is 0 Å². The van der Waals surface area contributed by atoms with Gasteiger partial charge in [0.05, 0.1) is 6.04 Å². The van der Waals surface area contributed by atoms with Gasteiger partial charge in [-0.25, -0.2) is 0 Å². The fourth-order valence-corrected chi connectivity index (χ4v) is 2.37. The molecular weight excluding hydrogens is 244 g/mol. The molecule has 2 N–H and O–H groups in total. The van der Waals surface area contributed by atoms with Crippen molar-refractivity contribution in [1.29, 1.82) is 0 Å². The van der Waals surface area contributed by atoms with E-state index in [1.54, 1.807) is 0 Å². The lowest BCUT2D eigenvalue weighted by Crippen LogP contribution is -2.37. The summed E-state index contributed by atoms with van der Waals surface area (Å²) < 4.78 is 5.73. The van der Waals surface area contributed by atoms with Crippen LogP contribution in [-0.2, 0) is 0 Å². The fraction of sp³-hybridized carbons (Fsp3) is 0.846. The van der Waals surface area contributed by atoms with Crippen LogP contribution in [0.3, 0.4) is 0 Å². The molecule has 19 heavy (non-hydrogen) atoms. The number of nitrogens with one attached hydrogen (secondary N) is 1. The molecule has 1 saturated heterocycles. The Morgan fingerprint density at radius 2 is 2.37 bits per heavy atom. The summed E-state index contributed by atoms with van der Waals surface area (Å²) in [5.74, 6) is 0.953. The molecule has 1 aromatic heterocycles. The van der Waals surface area contributed by atoms with Crippen molar-refractivity contribution in [2.45, 2.75) is 39.2 Å². The van der Waals surface area contributed by atoms with E-state index in [9.17, 15) is 5.11 Å². The Labute approximate surface area is 114 Å². The molecule has 0 amide bonds. The number of nitrogens with zero attached hydrogens (tertiary/aromatic N) is 3. The predicted octanol–water partition coefficient (Wildman–Crippen LogP) is 1.34. The molecule has 6 heteroatoms. The SMILES string of the molecule is CCCNC(C)c1nnc(N2CCCC(CO)C2)o1. The van der Waals surface area contributed by atoms with Crippen LogP contribution >= 0.6 is 0 Å². The van der Waals surface area contributed by atoms with E-state index >= 15 is 0 Å². The summed E-state index contributed by atoms with van der Waals surface area (Å²) in [4.78, 5) is 2.08. The van der Waals surface area contributed by atoms with Gasteiger partial charge in [0.2, 0.25) is 5.89 Å². The van der Waals surface area contributed by atoms with E-state index in [2.05, 4.69) is 27.3 Å². The van der Waals surface area contributed by atoms with Gasteiger partial charge in [-0.2, -0.15) is 0 Å².